The number of benzene rings is 1. The molecule has 1 aliphatic rings. The van der Waals surface area contributed by atoms with Crippen LogP contribution in [0.25, 0.3) is 0 Å². The minimum Gasteiger partial charge on any atom is -0.508 e. The Bertz CT molecular complexity index is 914. The van der Waals surface area contributed by atoms with Gasteiger partial charge in [-0.15, -0.1) is 0 Å². The lowest BCUT2D eigenvalue weighted by Gasteiger charge is -2.21. The Balaban J connectivity index is 1.96. The van der Waals surface area contributed by atoms with E-state index in [1.165, 1.54) is 18.7 Å². The van der Waals surface area contributed by atoms with E-state index in [-0.39, 0.29) is 45.6 Å². The highest BCUT2D eigenvalue weighted by molar-refractivity contribution is 7.98. The van der Waals surface area contributed by atoms with Crippen LogP contribution in [0.15, 0.2) is 10.6 Å². The van der Waals surface area contributed by atoms with Gasteiger partial charge in [0.1, 0.15) is 24.1 Å². The number of aromatic nitrogens is 2. The highest BCUT2D eigenvalue weighted by Crippen LogP contribution is 2.35. The van der Waals surface area contributed by atoms with Gasteiger partial charge in [-0.2, -0.15) is 16.7 Å². The van der Waals surface area contributed by atoms with E-state index in [4.69, 9.17) is 9.26 Å². The second kappa shape index (κ2) is 8.07. The van der Waals surface area contributed by atoms with Gasteiger partial charge in [0.05, 0.1) is 5.56 Å². The molecule has 2 heterocycles. The van der Waals surface area contributed by atoms with E-state index in [0.29, 0.717) is 5.82 Å². The zero-order valence-electron chi connectivity index (χ0n) is 15.1. The second-order valence-corrected chi connectivity index (χ2v) is 7.29. The van der Waals surface area contributed by atoms with Crippen LogP contribution in [0.5, 0.6) is 11.5 Å². The predicted molar refractivity (Wildman–Crippen MR) is 96.9 cm³/mol. The number of hydrogen-bond acceptors (Lipinski definition) is 10. The highest BCUT2D eigenvalue weighted by atomic mass is 32.2. The molecule has 3 rings (SSSR count). The summed E-state index contributed by atoms with van der Waals surface area (Å²) in [4.78, 5) is 28.8. The Hall–Kier alpha value is -2.79. The third-order valence-electron chi connectivity index (χ3n) is 4.21. The molecule has 2 aromatic rings. The van der Waals surface area contributed by atoms with E-state index in [0.717, 1.165) is 6.07 Å². The van der Waals surface area contributed by atoms with Crippen molar-refractivity contribution in [3.05, 3.63) is 34.5 Å². The minimum absolute atomic E-state index is 0.00312. The van der Waals surface area contributed by atoms with Crippen molar-refractivity contribution in [2.24, 2.45) is 0 Å². The number of cyclic esters (lactones) is 1. The summed E-state index contributed by atoms with van der Waals surface area (Å²) in [6.07, 6.45) is -1.62. The van der Waals surface area contributed by atoms with Crippen molar-refractivity contribution in [1.82, 2.24) is 15.5 Å². The number of phenolic OH excluding ortho intramolecular Hbond substituents is 2. The van der Waals surface area contributed by atoms with Crippen molar-refractivity contribution in [2.45, 2.75) is 31.7 Å². The molecule has 10 nitrogen and oxygen atoms in total. The maximum Gasteiger partial charge on any atom is 0.339 e. The van der Waals surface area contributed by atoms with Gasteiger partial charge in [-0.25, -0.2) is 4.79 Å². The topological polar surface area (TPSA) is 155 Å². The number of nitrogens with zero attached hydrogens (tertiary/aromatic N) is 2. The zero-order chi connectivity index (χ0) is 20.4. The van der Waals surface area contributed by atoms with Crippen LogP contribution in [0.3, 0.4) is 0 Å². The van der Waals surface area contributed by atoms with E-state index in [1.807, 2.05) is 0 Å². The lowest BCUT2D eigenvalue weighted by atomic mass is 10.0. The van der Waals surface area contributed by atoms with Gasteiger partial charge in [0.25, 0.3) is 5.91 Å². The predicted octanol–water partition coefficient (Wildman–Crippen LogP) is 0.720. The molecular formula is C17H19N3O7S. The number of carbonyl (C=O) groups is 2. The third-order valence-corrected chi connectivity index (χ3v) is 5.27. The van der Waals surface area contributed by atoms with Crippen LogP contribution in [0.4, 0.5) is 0 Å². The van der Waals surface area contributed by atoms with Crippen LogP contribution >= 0.6 is 11.8 Å². The molecule has 0 radical (unpaired) electrons. The summed E-state index contributed by atoms with van der Waals surface area (Å²) in [5.74, 6) is -1.10. The molecular weight excluding hydrogens is 390 g/mol. The van der Waals surface area contributed by atoms with E-state index >= 15 is 0 Å². The molecule has 0 spiro atoms. The van der Waals surface area contributed by atoms with Crippen molar-refractivity contribution >= 4 is 23.6 Å². The quantitative estimate of drug-likeness (QED) is 0.495. The lowest BCUT2D eigenvalue weighted by Crippen LogP contribution is -2.41. The summed E-state index contributed by atoms with van der Waals surface area (Å²) in [5, 5.41) is 36.5. The van der Waals surface area contributed by atoms with Crippen molar-refractivity contribution in [1.29, 1.82) is 0 Å². The standard InChI is InChI=1S/C17H19N3O7S/c1-7-11(21)3-12(22)9-5-28-6-10(16-18-8(2)20-27-16)19-15(24)13(23)4-26-17(25)14(7)9/h3,10,13,21-23H,4-6H2,1-2H3,(H,19,24)/t10-,13+/m0/s1. The number of nitrogens with one attached hydrogen (secondary N) is 1. The smallest absolute Gasteiger partial charge is 0.339 e. The SMILES string of the molecule is Cc1noc([C@@H]2CSCc3c(O)cc(O)c(C)c3C(=O)OC[C@@H](O)C(=O)N2)n1. The van der Waals surface area contributed by atoms with Crippen molar-refractivity contribution in [3.8, 4) is 11.5 Å². The van der Waals surface area contributed by atoms with E-state index in [2.05, 4.69) is 15.5 Å². The maximum atomic E-state index is 12.5. The van der Waals surface area contributed by atoms with Crippen molar-refractivity contribution < 1.29 is 34.2 Å². The fourth-order valence-corrected chi connectivity index (χ4v) is 3.78. The number of aryl methyl sites for hydroxylation is 1. The van der Waals surface area contributed by atoms with Crippen molar-refractivity contribution in [3.63, 3.8) is 0 Å². The first-order chi connectivity index (χ1) is 13.3. The molecule has 4 N–H and O–H groups in total. The van der Waals surface area contributed by atoms with E-state index in [1.54, 1.807) is 6.92 Å². The first-order valence-electron chi connectivity index (χ1n) is 8.35. The van der Waals surface area contributed by atoms with Gasteiger partial charge in [0.2, 0.25) is 5.89 Å². The summed E-state index contributed by atoms with van der Waals surface area (Å²) in [6.45, 7) is 2.55. The van der Waals surface area contributed by atoms with Gasteiger partial charge >= 0.3 is 5.97 Å². The van der Waals surface area contributed by atoms with E-state index < -0.39 is 30.6 Å². The molecule has 0 saturated heterocycles. The monoisotopic (exact) mass is 409 g/mol. The Morgan fingerprint density at radius 3 is 2.68 bits per heavy atom. The molecule has 0 saturated carbocycles. The lowest BCUT2D eigenvalue weighted by molar-refractivity contribution is -0.132. The van der Waals surface area contributed by atoms with Gasteiger partial charge in [0, 0.05) is 28.7 Å². The summed E-state index contributed by atoms with van der Waals surface area (Å²) < 4.78 is 10.1. The number of esters is 1. The van der Waals surface area contributed by atoms with Gasteiger partial charge in [-0.05, 0) is 13.8 Å². The molecule has 2 atom stereocenters. The number of hydrogen-bond donors (Lipinski definition) is 4. The third kappa shape index (κ3) is 4.04. The molecule has 0 aliphatic carbocycles. The second-order valence-electron chi connectivity index (χ2n) is 6.26. The van der Waals surface area contributed by atoms with E-state index in [9.17, 15) is 24.9 Å². The number of ether oxygens (including phenoxy) is 1. The molecule has 0 unspecified atom stereocenters. The molecule has 1 aromatic carbocycles. The Morgan fingerprint density at radius 1 is 1.25 bits per heavy atom. The van der Waals surface area contributed by atoms with Crippen LogP contribution in [0, 0.1) is 13.8 Å². The Kier molecular flexibility index (Phi) is 5.75. The van der Waals surface area contributed by atoms with Crippen LogP contribution in [-0.2, 0) is 15.3 Å². The van der Waals surface area contributed by atoms with Gasteiger partial charge < -0.3 is 29.9 Å². The van der Waals surface area contributed by atoms with Crippen LogP contribution in [0.1, 0.15) is 39.2 Å². The average molecular weight is 409 g/mol. The van der Waals surface area contributed by atoms with Gasteiger partial charge in [-0.3, -0.25) is 4.79 Å². The summed E-state index contributed by atoms with van der Waals surface area (Å²) in [7, 11) is 0. The number of aliphatic hydroxyl groups excluding tert-OH is 1. The van der Waals surface area contributed by atoms with Crippen LogP contribution in [0.2, 0.25) is 0 Å². The molecule has 1 aromatic heterocycles. The largest absolute Gasteiger partial charge is 0.508 e. The van der Waals surface area contributed by atoms with Crippen LogP contribution < -0.4 is 5.32 Å². The number of aliphatic hydroxyl groups is 1. The number of thioether (sulfide) groups is 1. The average Bonchev–Trinajstić information content (AvgIpc) is 3.08. The number of phenols is 2. The fourth-order valence-electron chi connectivity index (χ4n) is 2.71. The highest BCUT2D eigenvalue weighted by Gasteiger charge is 2.29. The zero-order valence-corrected chi connectivity index (χ0v) is 15.9. The fraction of sp³-hybridized carbons (Fsp3) is 0.412. The number of amides is 1. The molecule has 0 fully saturated rings. The number of aromatic hydroxyl groups is 2. The number of rotatable bonds is 1. The summed E-state index contributed by atoms with van der Waals surface area (Å²) in [6, 6.07) is 0.468. The number of fused-ring (bicyclic) bond motifs is 1. The summed E-state index contributed by atoms with van der Waals surface area (Å²) in [5.41, 5.74) is 0.522. The molecule has 1 aliphatic heterocycles. The molecule has 11 heteroatoms. The van der Waals surface area contributed by atoms with Crippen LogP contribution in [-0.4, -0.2) is 55.8 Å². The first-order valence-corrected chi connectivity index (χ1v) is 9.51. The molecule has 150 valence electrons. The van der Waals surface area contributed by atoms with Gasteiger partial charge in [-0.1, -0.05) is 5.16 Å². The summed E-state index contributed by atoms with van der Waals surface area (Å²) >= 11 is 1.28. The maximum absolute atomic E-state index is 12.5. The number of carbonyl (C=O) groups excluding carboxylic acids is 2. The molecule has 0 bridgehead atoms. The molecule has 28 heavy (non-hydrogen) atoms. The minimum atomic E-state index is -1.62. The normalized spacial score (nSPS) is 21.1. The van der Waals surface area contributed by atoms with Crippen molar-refractivity contribution in [2.75, 3.05) is 12.4 Å². The Morgan fingerprint density at radius 2 is 2.00 bits per heavy atom. The Labute approximate surface area is 163 Å². The molecule has 1 amide bonds. The first kappa shape index (κ1) is 20.0. The van der Waals surface area contributed by atoms with Gasteiger partial charge in [0.15, 0.2) is 11.9 Å².